The standard InChI is InChI=1S/C17H20N2O5/c1-11(2)10-24-13-6-4-12(5-7-13)17(3)15(22)19(16(23)18-17)9-8-14(20)21/h4-7H,1,8-10H2,2-3H3,(H,18,23)(H,20,21). The molecule has 2 N–H and O–H groups in total. The number of nitrogens with zero attached hydrogens (tertiary/aromatic N) is 1. The number of nitrogens with one attached hydrogen (secondary N) is 1. The maximum atomic E-state index is 12.6. The Balaban J connectivity index is 2.15. The third-order valence-corrected chi connectivity index (χ3v) is 3.74. The number of carboxylic acids is 1. The van der Waals surface area contributed by atoms with Gasteiger partial charge in [0.25, 0.3) is 5.91 Å². The largest absolute Gasteiger partial charge is 0.489 e. The van der Waals surface area contributed by atoms with E-state index in [0.29, 0.717) is 17.9 Å². The summed E-state index contributed by atoms with van der Waals surface area (Å²) in [5.41, 5.74) is 0.266. The summed E-state index contributed by atoms with van der Waals surface area (Å²) in [7, 11) is 0. The van der Waals surface area contributed by atoms with Crippen LogP contribution >= 0.6 is 0 Å². The van der Waals surface area contributed by atoms with Crippen LogP contribution in [-0.2, 0) is 15.1 Å². The fourth-order valence-corrected chi connectivity index (χ4v) is 2.39. The second-order valence-corrected chi connectivity index (χ2v) is 5.93. The van der Waals surface area contributed by atoms with Gasteiger partial charge in [0.15, 0.2) is 0 Å². The Hall–Kier alpha value is -2.83. The van der Waals surface area contributed by atoms with Gasteiger partial charge in [0.2, 0.25) is 0 Å². The molecule has 0 aromatic heterocycles. The SMILES string of the molecule is C=C(C)COc1ccc(C2(C)NC(=O)N(CCC(=O)O)C2=O)cc1. The van der Waals surface area contributed by atoms with Gasteiger partial charge in [0.05, 0.1) is 6.42 Å². The van der Waals surface area contributed by atoms with Crippen LogP contribution in [0.3, 0.4) is 0 Å². The molecule has 1 unspecified atom stereocenters. The number of carbonyl (C=O) groups is 3. The first kappa shape index (κ1) is 17.5. The summed E-state index contributed by atoms with van der Waals surface area (Å²) in [4.78, 5) is 36.1. The van der Waals surface area contributed by atoms with Gasteiger partial charge >= 0.3 is 12.0 Å². The van der Waals surface area contributed by atoms with E-state index >= 15 is 0 Å². The molecule has 24 heavy (non-hydrogen) atoms. The molecule has 2 rings (SSSR count). The zero-order valence-electron chi connectivity index (χ0n) is 13.7. The highest BCUT2D eigenvalue weighted by Crippen LogP contribution is 2.30. The number of amides is 3. The van der Waals surface area contributed by atoms with Crippen molar-refractivity contribution in [1.82, 2.24) is 10.2 Å². The molecule has 1 aliphatic rings. The molecule has 1 atom stereocenters. The molecule has 1 aromatic rings. The molecule has 0 spiro atoms. The summed E-state index contributed by atoms with van der Waals surface area (Å²) in [6, 6.07) is 6.23. The lowest BCUT2D eigenvalue weighted by Crippen LogP contribution is -2.41. The highest BCUT2D eigenvalue weighted by molar-refractivity contribution is 6.07. The molecule has 0 aliphatic carbocycles. The Morgan fingerprint density at radius 1 is 1.33 bits per heavy atom. The van der Waals surface area contributed by atoms with Crippen LogP contribution in [0.15, 0.2) is 36.4 Å². The van der Waals surface area contributed by atoms with E-state index in [4.69, 9.17) is 9.84 Å². The second-order valence-electron chi connectivity index (χ2n) is 5.93. The van der Waals surface area contributed by atoms with Crippen molar-refractivity contribution in [2.24, 2.45) is 0 Å². The van der Waals surface area contributed by atoms with Crippen molar-refractivity contribution in [2.45, 2.75) is 25.8 Å². The van der Waals surface area contributed by atoms with Gasteiger partial charge in [-0.05, 0) is 37.1 Å². The zero-order valence-corrected chi connectivity index (χ0v) is 13.7. The molecule has 0 saturated carbocycles. The number of imide groups is 1. The summed E-state index contributed by atoms with van der Waals surface area (Å²) in [6.07, 6.45) is -0.289. The summed E-state index contributed by atoms with van der Waals surface area (Å²) < 4.78 is 5.50. The van der Waals surface area contributed by atoms with Crippen LogP contribution < -0.4 is 10.1 Å². The van der Waals surface area contributed by atoms with Crippen LogP contribution in [0.4, 0.5) is 4.79 Å². The van der Waals surface area contributed by atoms with Gasteiger partial charge in [0.1, 0.15) is 17.9 Å². The molecular formula is C17H20N2O5. The fourth-order valence-electron chi connectivity index (χ4n) is 2.39. The van der Waals surface area contributed by atoms with Crippen molar-refractivity contribution in [3.63, 3.8) is 0 Å². The molecule has 128 valence electrons. The van der Waals surface area contributed by atoms with Crippen molar-refractivity contribution in [2.75, 3.05) is 13.2 Å². The number of carbonyl (C=O) groups excluding carboxylic acids is 2. The maximum Gasteiger partial charge on any atom is 0.325 e. The third kappa shape index (κ3) is 3.56. The van der Waals surface area contributed by atoms with Gasteiger partial charge in [-0.2, -0.15) is 0 Å². The number of hydrogen-bond acceptors (Lipinski definition) is 4. The van der Waals surface area contributed by atoms with E-state index in [1.807, 2.05) is 6.92 Å². The highest BCUT2D eigenvalue weighted by atomic mass is 16.5. The number of urea groups is 1. The highest BCUT2D eigenvalue weighted by Gasteiger charge is 2.48. The van der Waals surface area contributed by atoms with Crippen molar-refractivity contribution in [3.8, 4) is 5.75 Å². The molecular weight excluding hydrogens is 312 g/mol. The van der Waals surface area contributed by atoms with Crippen LogP contribution in [0.5, 0.6) is 5.75 Å². The quantitative estimate of drug-likeness (QED) is 0.587. The first-order valence-corrected chi connectivity index (χ1v) is 7.47. The number of carboxylic acid groups (broad SMARTS) is 1. The number of ether oxygens (including phenoxy) is 1. The van der Waals surface area contributed by atoms with E-state index in [0.717, 1.165) is 10.5 Å². The number of hydrogen-bond donors (Lipinski definition) is 2. The van der Waals surface area contributed by atoms with Crippen LogP contribution in [0.1, 0.15) is 25.8 Å². The van der Waals surface area contributed by atoms with Crippen LogP contribution in [-0.4, -0.2) is 41.1 Å². The van der Waals surface area contributed by atoms with Gasteiger partial charge in [0, 0.05) is 6.54 Å². The van der Waals surface area contributed by atoms with E-state index in [9.17, 15) is 14.4 Å². The average molecular weight is 332 g/mol. The van der Waals surface area contributed by atoms with Gasteiger partial charge in [-0.3, -0.25) is 14.5 Å². The Bertz CT molecular complexity index is 683. The van der Waals surface area contributed by atoms with E-state index in [1.54, 1.807) is 31.2 Å². The number of aliphatic carboxylic acids is 1. The lowest BCUT2D eigenvalue weighted by atomic mass is 9.92. The topological polar surface area (TPSA) is 95.9 Å². The smallest absolute Gasteiger partial charge is 0.325 e. The first-order valence-electron chi connectivity index (χ1n) is 7.47. The average Bonchev–Trinajstić information content (AvgIpc) is 2.74. The lowest BCUT2D eigenvalue weighted by Gasteiger charge is -2.22. The Morgan fingerprint density at radius 2 is 1.96 bits per heavy atom. The van der Waals surface area contributed by atoms with Crippen molar-refractivity contribution in [3.05, 3.63) is 42.0 Å². The van der Waals surface area contributed by atoms with Crippen LogP contribution in [0, 0.1) is 0 Å². The molecule has 1 heterocycles. The van der Waals surface area contributed by atoms with Crippen LogP contribution in [0.2, 0.25) is 0 Å². The van der Waals surface area contributed by atoms with E-state index in [-0.39, 0.29) is 13.0 Å². The monoisotopic (exact) mass is 332 g/mol. The van der Waals surface area contributed by atoms with E-state index in [1.165, 1.54) is 0 Å². The first-order chi connectivity index (χ1) is 11.2. The molecule has 0 bridgehead atoms. The molecule has 0 radical (unpaired) electrons. The summed E-state index contributed by atoms with van der Waals surface area (Å²) >= 11 is 0. The Labute approximate surface area is 139 Å². The van der Waals surface area contributed by atoms with Crippen LogP contribution in [0.25, 0.3) is 0 Å². The molecule has 7 nitrogen and oxygen atoms in total. The minimum atomic E-state index is -1.22. The second kappa shape index (κ2) is 6.74. The maximum absolute atomic E-state index is 12.6. The number of rotatable bonds is 7. The van der Waals surface area contributed by atoms with Gasteiger partial charge < -0.3 is 15.2 Å². The molecule has 1 aromatic carbocycles. The summed E-state index contributed by atoms with van der Waals surface area (Å²) in [6.45, 7) is 7.44. The summed E-state index contributed by atoms with van der Waals surface area (Å²) in [5.74, 6) is -0.905. The van der Waals surface area contributed by atoms with Crippen molar-refractivity contribution >= 4 is 17.9 Å². The van der Waals surface area contributed by atoms with Gasteiger partial charge in [-0.1, -0.05) is 18.7 Å². The zero-order chi connectivity index (χ0) is 17.9. The van der Waals surface area contributed by atoms with Crippen molar-refractivity contribution < 1.29 is 24.2 Å². The van der Waals surface area contributed by atoms with Crippen molar-refractivity contribution in [1.29, 1.82) is 0 Å². The van der Waals surface area contributed by atoms with E-state index in [2.05, 4.69) is 11.9 Å². The van der Waals surface area contributed by atoms with E-state index < -0.39 is 23.4 Å². The predicted molar refractivity (Wildman–Crippen MR) is 86.6 cm³/mol. The Kier molecular flexibility index (Phi) is 4.92. The lowest BCUT2D eigenvalue weighted by molar-refractivity contribution is -0.138. The van der Waals surface area contributed by atoms with Gasteiger partial charge in [-0.15, -0.1) is 0 Å². The molecule has 1 saturated heterocycles. The summed E-state index contributed by atoms with van der Waals surface area (Å²) in [5, 5.41) is 11.4. The number of benzene rings is 1. The fraction of sp³-hybridized carbons (Fsp3) is 0.353. The molecule has 7 heteroatoms. The van der Waals surface area contributed by atoms with Gasteiger partial charge in [-0.25, -0.2) is 4.79 Å². The minimum Gasteiger partial charge on any atom is -0.489 e. The Morgan fingerprint density at radius 3 is 2.50 bits per heavy atom. The predicted octanol–water partition coefficient (Wildman–Crippen LogP) is 1.88. The molecule has 1 fully saturated rings. The minimum absolute atomic E-state index is 0.157. The third-order valence-electron chi connectivity index (χ3n) is 3.74. The molecule has 3 amide bonds. The normalized spacial score (nSPS) is 20.0. The molecule has 1 aliphatic heterocycles.